The number of aromatic nitrogens is 2. The van der Waals surface area contributed by atoms with Crippen molar-refractivity contribution in [3.05, 3.63) is 53.3 Å². The van der Waals surface area contributed by atoms with Gasteiger partial charge in [0.1, 0.15) is 0 Å². The molecule has 0 saturated carbocycles. The molecule has 3 heteroatoms. The van der Waals surface area contributed by atoms with Gasteiger partial charge in [-0.25, -0.2) is 0 Å². The number of carbonyl (C=O) groups excluding carboxylic acids is 1. The largest absolute Gasteiger partial charge is 0.298 e. The highest BCUT2D eigenvalue weighted by molar-refractivity contribution is 5.76. The zero-order valence-electron chi connectivity index (χ0n) is 11.5. The summed E-state index contributed by atoms with van der Waals surface area (Å²) in [5.74, 6) is 0.288. The number of benzene rings is 1. The molecule has 0 aliphatic heterocycles. The summed E-state index contributed by atoms with van der Waals surface area (Å²) in [4.78, 5) is 11.0. The molecule has 0 saturated heterocycles. The first kappa shape index (κ1) is 13.5. The Hall–Kier alpha value is -1.90. The molecule has 2 rings (SSSR count). The smallest absolute Gasteiger partial charge is 0.153 e. The lowest BCUT2D eigenvalue weighted by molar-refractivity contribution is 0.112. The molecule has 0 atom stereocenters. The maximum atomic E-state index is 11.0. The predicted octanol–water partition coefficient (Wildman–Crippen LogP) is 3.45. The van der Waals surface area contributed by atoms with E-state index in [-0.39, 0.29) is 5.92 Å². The highest BCUT2D eigenvalue weighted by atomic mass is 16.1. The number of hydrogen-bond acceptors (Lipinski definition) is 2. The standard InChI is InChI=1S/C16H20N2O/c1-13(2)16-15(12-19)11-18(17-16)10-6-9-14-7-4-3-5-8-14/h3-5,7-8,11-13H,6,9-10H2,1-2H3. The average Bonchev–Trinajstić information content (AvgIpc) is 2.83. The molecule has 2 aromatic rings. The van der Waals surface area contributed by atoms with Gasteiger partial charge in [0.15, 0.2) is 6.29 Å². The van der Waals surface area contributed by atoms with Crippen molar-refractivity contribution >= 4 is 6.29 Å². The fourth-order valence-electron chi connectivity index (χ4n) is 2.20. The van der Waals surface area contributed by atoms with Gasteiger partial charge in [-0.05, 0) is 24.3 Å². The number of aldehydes is 1. The first-order valence-corrected chi connectivity index (χ1v) is 6.77. The van der Waals surface area contributed by atoms with E-state index in [0.717, 1.165) is 36.9 Å². The van der Waals surface area contributed by atoms with Gasteiger partial charge in [0.05, 0.1) is 11.3 Å². The van der Waals surface area contributed by atoms with Crippen LogP contribution in [0.3, 0.4) is 0 Å². The van der Waals surface area contributed by atoms with Gasteiger partial charge < -0.3 is 0 Å². The first-order chi connectivity index (χ1) is 9.20. The quantitative estimate of drug-likeness (QED) is 0.742. The maximum absolute atomic E-state index is 11.0. The molecular weight excluding hydrogens is 236 g/mol. The highest BCUT2D eigenvalue weighted by Crippen LogP contribution is 2.16. The summed E-state index contributed by atoms with van der Waals surface area (Å²) in [6.07, 6.45) is 4.82. The van der Waals surface area contributed by atoms with Crippen molar-refractivity contribution < 1.29 is 4.79 Å². The molecule has 0 N–H and O–H groups in total. The van der Waals surface area contributed by atoms with Gasteiger partial charge in [0.2, 0.25) is 0 Å². The Morgan fingerprint density at radius 2 is 2.00 bits per heavy atom. The molecule has 1 aromatic carbocycles. The lowest BCUT2D eigenvalue weighted by Crippen LogP contribution is -2.01. The number of carbonyl (C=O) groups is 1. The van der Waals surface area contributed by atoms with E-state index in [9.17, 15) is 4.79 Å². The minimum absolute atomic E-state index is 0.288. The summed E-state index contributed by atoms with van der Waals surface area (Å²) < 4.78 is 1.89. The maximum Gasteiger partial charge on any atom is 0.153 e. The van der Waals surface area contributed by atoms with Crippen LogP contribution in [-0.2, 0) is 13.0 Å². The van der Waals surface area contributed by atoms with Crippen LogP contribution in [0.4, 0.5) is 0 Å². The summed E-state index contributed by atoms with van der Waals surface area (Å²) in [5, 5.41) is 4.50. The van der Waals surface area contributed by atoms with Gasteiger partial charge in [-0.1, -0.05) is 44.2 Å². The Morgan fingerprint density at radius 3 is 2.58 bits per heavy atom. The molecule has 3 nitrogen and oxygen atoms in total. The zero-order valence-corrected chi connectivity index (χ0v) is 11.5. The van der Waals surface area contributed by atoms with Crippen molar-refractivity contribution in [1.82, 2.24) is 9.78 Å². The van der Waals surface area contributed by atoms with Crippen LogP contribution in [0.2, 0.25) is 0 Å². The van der Waals surface area contributed by atoms with Gasteiger partial charge in [-0.15, -0.1) is 0 Å². The van der Waals surface area contributed by atoms with Crippen LogP contribution >= 0.6 is 0 Å². The first-order valence-electron chi connectivity index (χ1n) is 6.77. The molecule has 0 unspecified atom stereocenters. The van der Waals surface area contributed by atoms with Gasteiger partial charge in [-0.2, -0.15) is 5.10 Å². The molecule has 100 valence electrons. The Kier molecular flexibility index (Phi) is 4.50. The van der Waals surface area contributed by atoms with Crippen LogP contribution in [0, 0.1) is 0 Å². The lowest BCUT2D eigenvalue weighted by Gasteiger charge is -2.03. The van der Waals surface area contributed by atoms with Crippen LogP contribution in [-0.4, -0.2) is 16.1 Å². The highest BCUT2D eigenvalue weighted by Gasteiger charge is 2.11. The van der Waals surface area contributed by atoms with Crippen molar-refractivity contribution in [2.75, 3.05) is 0 Å². The molecule has 0 spiro atoms. The number of aryl methyl sites for hydroxylation is 2. The lowest BCUT2D eigenvalue weighted by atomic mass is 10.1. The van der Waals surface area contributed by atoms with Crippen molar-refractivity contribution in [2.45, 2.75) is 39.2 Å². The molecule has 0 aliphatic rings. The third kappa shape index (κ3) is 3.53. The van der Waals surface area contributed by atoms with Gasteiger partial charge in [0.25, 0.3) is 0 Å². The second-order valence-electron chi connectivity index (χ2n) is 5.09. The Balaban J connectivity index is 1.95. The Labute approximate surface area is 114 Å². The van der Waals surface area contributed by atoms with Gasteiger partial charge in [-0.3, -0.25) is 9.48 Å². The van der Waals surface area contributed by atoms with E-state index in [2.05, 4.69) is 43.2 Å². The molecule has 1 aromatic heterocycles. The van der Waals surface area contributed by atoms with Crippen molar-refractivity contribution in [3.8, 4) is 0 Å². The summed E-state index contributed by atoms with van der Waals surface area (Å²) in [6.45, 7) is 4.97. The third-order valence-corrected chi connectivity index (χ3v) is 3.19. The van der Waals surface area contributed by atoms with E-state index in [4.69, 9.17) is 0 Å². The van der Waals surface area contributed by atoms with E-state index in [0.29, 0.717) is 0 Å². The third-order valence-electron chi connectivity index (χ3n) is 3.19. The van der Waals surface area contributed by atoms with Crippen molar-refractivity contribution in [3.63, 3.8) is 0 Å². The topological polar surface area (TPSA) is 34.9 Å². The van der Waals surface area contributed by atoms with E-state index < -0.39 is 0 Å². The van der Waals surface area contributed by atoms with Crippen molar-refractivity contribution in [2.24, 2.45) is 0 Å². The molecule has 0 radical (unpaired) electrons. The minimum atomic E-state index is 0.288. The Bertz CT molecular complexity index is 529. The van der Waals surface area contributed by atoms with E-state index in [1.807, 2.05) is 16.9 Å². The molecular formula is C16H20N2O. The molecule has 19 heavy (non-hydrogen) atoms. The molecule has 1 heterocycles. The summed E-state index contributed by atoms with van der Waals surface area (Å²) >= 11 is 0. The number of nitrogens with zero attached hydrogens (tertiary/aromatic N) is 2. The second kappa shape index (κ2) is 6.32. The average molecular weight is 256 g/mol. The minimum Gasteiger partial charge on any atom is -0.298 e. The molecule has 0 fully saturated rings. The van der Waals surface area contributed by atoms with Crippen LogP contribution in [0.15, 0.2) is 36.5 Å². The summed E-state index contributed by atoms with van der Waals surface area (Å²) in [5.41, 5.74) is 2.96. The number of hydrogen-bond donors (Lipinski definition) is 0. The number of rotatable bonds is 6. The predicted molar refractivity (Wildman–Crippen MR) is 76.5 cm³/mol. The second-order valence-corrected chi connectivity index (χ2v) is 5.09. The van der Waals surface area contributed by atoms with Gasteiger partial charge >= 0.3 is 0 Å². The van der Waals surface area contributed by atoms with Crippen molar-refractivity contribution in [1.29, 1.82) is 0 Å². The summed E-state index contributed by atoms with van der Waals surface area (Å²) in [7, 11) is 0. The van der Waals surface area contributed by atoms with Crippen LogP contribution in [0.5, 0.6) is 0 Å². The fraction of sp³-hybridized carbons (Fsp3) is 0.375. The van der Waals surface area contributed by atoms with E-state index >= 15 is 0 Å². The normalized spacial score (nSPS) is 10.9. The Morgan fingerprint density at radius 1 is 1.26 bits per heavy atom. The van der Waals surface area contributed by atoms with E-state index in [1.54, 1.807) is 0 Å². The van der Waals surface area contributed by atoms with Crippen LogP contribution in [0.1, 0.15) is 47.8 Å². The monoisotopic (exact) mass is 256 g/mol. The fourth-order valence-corrected chi connectivity index (χ4v) is 2.20. The zero-order chi connectivity index (χ0) is 13.7. The SMILES string of the molecule is CC(C)c1nn(CCCc2ccccc2)cc1C=O. The van der Waals surface area contributed by atoms with Crippen LogP contribution < -0.4 is 0 Å². The molecule has 0 bridgehead atoms. The molecule has 0 amide bonds. The van der Waals surface area contributed by atoms with E-state index in [1.165, 1.54) is 5.56 Å². The summed E-state index contributed by atoms with van der Waals surface area (Å²) in [6, 6.07) is 10.4. The van der Waals surface area contributed by atoms with Gasteiger partial charge in [0, 0.05) is 12.7 Å². The molecule has 0 aliphatic carbocycles. The van der Waals surface area contributed by atoms with Crippen LogP contribution in [0.25, 0.3) is 0 Å².